The SMILES string of the molecule is CCOC1CCC(N2C(=O)c3ccccc3C2=O)CC1. The average molecular weight is 273 g/mol. The molecule has 0 saturated heterocycles. The van der Waals surface area contributed by atoms with Gasteiger partial charge >= 0.3 is 0 Å². The zero-order valence-electron chi connectivity index (χ0n) is 11.7. The van der Waals surface area contributed by atoms with Crippen molar-refractivity contribution in [2.75, 3.05) is 6.61 Å². The predicted molar refractivity (Wildman–Crippen MR) is 74.6 cm³/mol. The van der Waals surface area contributed by atoms with Crippen LogP contribution in [0, 0.1) is 0 Å². The van der Waals surface area contributed by atoms with E-state index < -0.39 is 0 Å². The molecule has 4 nitrogen and oxygen atoms in total. The molecule has 1 aromatic rings. The van der Waals surface area contributed by atoms with Gasteiger partial charge in [0, 0.05) is 12.6 Å². The minimum Gasteiger partial charge on any atom is -0.379 e. The van der Waals surface area contributed by atoms with Gasteiger partial charge in [0.05, 0.1) is 17.2 Å². The molecule has 0 spiro atoms. The molecular weight excluding hydrogens is 254 g/mol. The van der Waals surface area contributed by atoms with Gasteiger partial charge in [-0.05, 0) is 44.7 Å². The Morgan fingerprint density at radius 2 is 1.60 bits per heavy atom. The smallest absolute Gasteiger partial charge is 0.261 e. The number of carbonyl (C=O) groups excluding carboxylic acids is 2. The van der Waals surface area contributed by atoms with Gasteiger partial charge in [0.15, 0.2) is 0 Å². The predicted octanol–water partition coefficient (Wildman–Crippen LogP) is 2.63. The van der Waals surface area contributed by atoms with E-state index in [0.29, 0.717) is 11.1 Å². The number of nitrogens with zero attached hydrogens (tertiary/aromatic N) is 1. The van der Waals surface area contributed by atoms with Gasteiger partial charge < -0.3 is 4.74 Å². The number of ether oxygens (including phenoxy) is 1. The fraction of sp³-hybridized carbons (Fsp3) is 0.500. The first kappa shape index (κ1) is 13.3. The topological polar surface area (TPSA) is 46.6 Å². The average Bonchev–Trinajstić information content (AvgIpc) is 2.73. The van der Waals surface area contributed by atoms with E-state index in [2.05, 4.69) is 0 Å². The van der Waals surface area contributed by atoms with E-state index in [1.54, 1.807) is 24.3 Å². The van der Waals surface area contributed by atoms with Gasteiger partial charge in [-0.2, -0.15) is 0 Å². The lowest BCUT2D eigenvalue weighted by molar-refractivity contribution is 0.0148. The summed E-state index contributed by atoms with van der Waals surface area (Å²) in [6.45, 7) is 2.72. The maximum Gasteiger partial charge on any atom is 0.261 e. The first-order chi connectivity index (χ1) is 9.72. The number of carbonyl (C=O) groups is 2. The molecular formula is C16H19NO3. The summed E-state index contributed by atoms with van der Waals surface area (Å²) in [6, 6.07) is 7.11. The quantitative estimate of drug-likeness (QED) is 0.795. The lowest BCUT2D eigenvalue weighted by atomic mass is 9.92. The zero-order valence-corrected chi connectivity index (χ0v) is 11.7. The molecule has 0 aromatic heterocycles. The highest BCUT2D eigenvalue weighted by atomic mass is 16.5. The Morgan fingerprint density at radius 3 is 2.10 bits per heavy atom. The molecule has 0 N–H and O–H groups in total. The Labute approximate surface area is 118 Å². The van der Waals surface area contributed by atoms with Crippen molar-refractivity contribution < 1.29 is 14.3 Å². The molecule has 0 atom stereocenters. The van der Waals surface area contributed by atoms with Gasteiger partial charge in [-0.1, -0.05) is 12.1 Å². The van der Waals surface area contributed by atoms with Gasteiger partial charge in [-0.15, -0.1) is 0 Å². The third-order valence-electron chi connectivity index (χ3n) is 4.24. The number of hydrogen-bond acceptors (Lipinski definition) is 3. The minimum atomic E-state index is -0.134. The van der Waals surface area contributed by atoms with Crippen LogP contribution in [0.1, 0.15) is 53.3 Å². The number of rotatable bonds is 3. The summed E-state index contributed by atoms with van der Waals surface area (Å²) in [5.41, 5.74) is 1.09. The molecule has 0 radical (unpaired) electrons. The number of benzene rings is 1. The Bertz CT molecular complexity index is 497. The van der Waals surface area contributed by atoms with E-state index >= 15 is 0 Å². The normalized spacial score (nSPS) is 25.9. The molecule has 1 heterocycles. The lowest BCUT2D eigenvalue weighted by Gasteiger charge is -2.33. The van der Waals surface area contributed by atoms with Crippen LogP contribution in [0.3, 0.4) is 0 Å². The third kappa shape index (κ3) is 2.14. The van der Waals surface area contributed by atoms with Crippen molar-refractivity contribution >= 4 is 11.8 Å². The van der Waals surface area contributed by atoms with Crippen LogP contribution in [-0.4, -0.2) is 35.5 Å². The molecule has 1 aromatic carbocycles. The first-order valence-corrected chi connectivity index (χ1v) is 7.31. The highest BCUT2D eigenvalue weighted by Gasteiger charge is 2.40. The van der Waals surface area contributed by atoms with Crippen molar-refractivity contribution in [1.82, 2.24) is 4.90 Å². The number of imide groups is 1. The molecule has 0 bridgehead atoms. The van der Waals surface area contributed by atoms with Gasteiger partial charge in [0.1, 0.15) is 0 Å². The van der Waals surface area contributed by atoms with Crippen LogP contribution in [-0.2, 0) is 4.74 Å². The Morgan fingerprint density at radius 1 is 1.05 bits per heavy atom. The van der Waals surface area contributed by atoms with E-state index in [1.807, 2.05) is 6.92 Å². The minimum absolute atomic E-state index is 0.0270. The Kier molecular flexibility index (Phi) is 3.57. The van der Waals surface area contributed by atoms with Crippen LogP contribution in [0.25, 0.3) is 0 Å². The van der Waals surface area contributed by atoms with Crippen molar-refractivity contribution in [3.8, 4) is 0 Å². The highest BCUT2D eigenvalue weighted by Crippen LogP contribution is 2.31. The zero-order chi connectivity index (χ0) is 14.1. The van der Waals surface area contributed by atoms with E-state index in [4.69, 9.17) is 4.74 Å². The van der Waals surface area contributed by atoms with E-state index in [9.17, 15) is 9.59 Å². The summed E-state index contributed by atoms with van der Waals surface area (Å²) in [7, 11) is 0. The molecule has 106 valence electrons. The molecule has 20 heavy (non-hydrogen) atoms. The molecule has 1 fully saturated rings. The van der Waals surface area contributed by atoms with Gasteiger partial charge in [0.25, 0.3) is 11.8 Å². The van der Waals surface area contributed by atoms with E-state index in [-0.39, 0.29) is 24.0 Å². The van der Waals surface area contributed by atoms with Crippen LogP contribution < -0.4 is 0 Å². The van der Waals surface area contributed by atoms with Gasteiger partial charge in [-0.3, -0.25) is 14.5 Å². The van der Waals surface area contributed by atoms with E-state index in [1.165, 1.54) is 4.90 Å². The summed E-state index contributed by atoms with van der Waals surface area (Å²) in [6.07, 6.45) is 3.82. The van der Waals surface area contributed by atoms with Gasteiger partial charge in [0.2, 0.25) is 0 Å². The van der Waals surface area contributed by atoms with Crippen molar-refractivity contribution in [1.29, 1.82) is 0 Å². The molecule has 1 saturated carbocycles. The summed E-state index contributed by atoms with van der Waals surface area (Å²) in [5, 5.41) is 0. The third-order valence-corrected chi connectivity index (χ3v) is 4.24. The Hall–Kier alpha value is -1.68. The molecule has 2 aliphatic rings. The molecule has 1 aliphatic heterocycles. The lowest BCUT2D eigenvalue weighted by Crippen LogP contribution is -2.43. The van der Waals surface area contributed by atoms with Crippen LogP contribution in [0.4, 0.5) is 0 Å². The highest BCUT2D eigenvalue weighted by molar-refractivity contribution is 6.21. The first-order valence-electron chi connectivity index (χ1n) is 7.31. The maximum absolute atomic E-state index is 12.4. The van der Waals surface area contributed by atoms with Crippen molar-refractivity contribution in [3.63, 3.8) is 0 Å². The van der Waals surface area contributed by atoms with Gasteiger partial charge in [-0.25, -0.2) is 0 Å². The van der Waals surface area contributed by atoms with Crippen LogP contribution >= 0.6 is 0 Å². The number of amides is 2. The molecule has 1 aliphatic carbocycles. The second kappa shape index (κ2) is 5.37. The number of fused-ring (bicyclic) bond motifs is 1. The van der Waals surface area contributed by atoms with Crippen LogP contribution in [0.15, 0.2) is 24.3 Å². The second-order valence-electron chi connectivity index (χ2n) is 5.41. The van der Waals surface area contributed by atoms with Crippen molar-refractivity contribution in [2.24, 2.45) is 0 Å². The summed E-state index contributed by atoms with van der Waals surface area (Å²) in [4.78, 5) is 26.2. The summed E-state index contributed by atoms with van der Waals surface area (Å²) < 4.78 is 5.62. The largest absolute Gasteiger partial charge is 0.379 e. The Balaban J connectivity index is 1.74. The molecule has 4 heteroatoms. The van der Waals surface area contributed by atoms with E-state index in [0.717, 1.165) is 32.3 Å². The molecule has 0 unspecified atom stereocenters. The van der Waals surface area contributed by atoms with Crippen molar-refractivity contribution in [3.05, 3.63) is 35.4 Å². The molecule has 3 rings (SSSR count). The molecule has 2 amide bonds. The fourth-order valence-electron chi connectivity index (χ4n) is 3.25. The monoisotopic (exact) mass is 273 g/mol. The maximum atomic E-state index is 12.4. The van der Waals surface area contributed by atoms with Crippen LogP contribution in [0.5, 0.6) is 0 Å². The standard InChI is InChI=1S/C16H19NO3/c1-2-20-12-9-7-11(8-10-12)17-15(18)13-5-3-4-6-14(13)16(17)19/h3-6,11-12H,2,7-10H2,1H3. The summed E-state index contributed by atoms with van der Waals surface area (Å²) in [5.74, 6) is -0.268. The second-order valence-corrected chi connectivity index (χ2v) is 5.41. The van der Waals surface area contributed by atoms with Crippen molar-refractivity contribution in [2.45, 2.75) is 44.8 Å². The summed E-state index contributed by atoms with van der Waals surface area (Å²) >= 11 is 0. The number of hydrogen-bond donors (Lipinski definition) is 0. The fourth-order valence-corrected chi connectivity index (χ4v) is 3.25. The van der Waals surface area contributed by atoms with Crippen LogP contribution in [0.2, 0.25) is 0 Å².